The Kier molecular flexibility index (Phi) is 6.18. The Morgan fingerprint density at radius 2 is 2.03 bits per heavy atom. The van der Waals surface area contributed by atoms with Crippen LogP contribution in [0.4, 0.5) is 9.52 Å². The molecular formula is C21H27FN6S. The predicted molar refractivity (Wildman–Crippen MR) is 116 cm³/mol. The standard InChI is InChI=1S/C15H19FN4S.C6H8N2/c1-3-6-11-17-12(10(2)9-16)13-14(18-11)19-15(21-13)20-7-4-5-8-20;1-4-7-8(5-1)6-2-3-6/h9H,3-8H2,1-2H3;1,4-6H,2-3H2/b10-9-;. The molecule has 8 heteroatoms. The number of rotatable bonds is 5. The minimum Gasteiger partial charge on any atom is -0.348 e. The fourth-order valence-corrected chi connectivity index (χ4v) is 4.50. The fraction of sp³-hybridized carbons (Fsp3) is 0.524. The number of halogens is 1. The summed E-state index contributed by atoms with van der Waals surface area (Å²) < 4.78 is 15.9. The Morgan fingerprint density at radius 1 is 1.24 bits per heavy atom. The smallest absolute Gasteiger partial charge is 0.188 e. The van der Waals surface area contributed by atoms with Gasteiger partial charge in [-0.25, -0.2) is 14.4 Å². The molecule has 6 nitrogen and oxygen atoms in total. The highest BCUT2D eigenvalue weighted by atomic mass is 32.1. The third-order valence-electron chi connectivity index (χ3n) is 5.12. The van der Waals surface area contributed by atoms with Crippen LogP contribution in [0.3, 0.4) is 0 Å². The predicted octanol–water partition coefficient (Wildman–Crippen LogP) is 5.19. The van der Waals surface area contributed by atoms with Gasteiger partial charge in [0.25, 0.3) is 0 Å². The van der Waals surface area contributed by atoms with Crippen LogP contribution in [0.2, 0.25) is 0 Å². The molecule has 0 unspecified atom stereocenters. The Morgan fingerprint density at radius 3 is 2.66 bits per heavy atom. The van der Waals surface area contributed by atoms with Gasteiger partial charge in [0.15, 0.2) is 10.8 Å². The van der Waals surface area contributed by atoms with Crippen LogP contribution in [0.1, 0.15) is 63.5 Å². The summed E-state index contributed by atoms with van der Waals surface area (Å²) in [6.07, 6.45) is 11.3. The average Bonchev–Trinajstić information content (AvgIpc) is 3.17. The maximum absolute atomic E-state index is 13.0. The summed E-state index contributed by atoms with van der Waals surface area (Å²) in [7, 11) is 0. The Bertz CT molecular complexity index is 971. The lowest BCUT2D eigenvalue weighted by atomic mass is 10.2. The van der Waals surface area contributed by atoms with Gasteiger partial charge in [-0.1, -0.05) is 18.3 Å². The molecule has 154 valence electrons. The van der Waals surface area contributed by atoms with E-state index in [2.05, 4.69) is 31.9 Å². The molecule has 3 aromatic rings. The van der Waals surface area contributed by atoms with Crippen molar-refractivity contribution in [2.75, 3.05) is 18.0 Å². The molecule has 5 rings (SSSR count). The molecule has 0 atom stereocenters. The molecule has 0 bridgehead atoms. The molecule has 1 aliphatic heterocycles. The summed E-state index contributed by atoms with van der Waals surface area (Å²) in [4.78, 5) is 16.0. The SMILES string of the molecule is CCCc1nc(/C(C)=C\F)c2sc(N3CCCC3)nc2n1.c1cnn(C2CC2)c1. The van der Waals surface area contributed by atoms with E-state index in [0.29, 0.717) is 23.2 Å². The lowest BCUT2D eigenvalue weighted by Crippen LogP contribution is -2.16. The van der Waals surface area contributed by atoms with Gasteiger partial charge in [0, 0.05) is 37.5 Å². The van der Waals surface area contributed by atoms with Crippen molar-refractivity contribution in [3.05, 3.63) is 36.3 Å². The van der Waals surface area contributed by atoms with Crippen molar-refractivity contribution in [2.45, 2.75) is 58.4 Å². The van der Waals surface area contributed by atoms with Crippen molar-refractivity contribution in [1.29, 1.82) is 0 Å². The minimum atomic E-state index is 0.538. The zero-order valence-electron chi connectivity index (χ0n) is 17.0. The number of thiazole rings is 1. The van der Waals surface area contributed by atoms with Crippen molar-refractivity contribution in [3.8, 4) is 0 Å². The largest absolute Gasteiger partial charge is 0.348 e. The van der Waals surface area contributed by atoms with Gasteiger partial charge in [-0.2, -0.15) is 10.1 Å². The molecule has 0 aromatic carbocycles. The number of hydrogen-bond acceptors (Lipinski definition) is 6. The monoisotopic (exact) mass is 414 g/mol. The van der Waals surface area contributed by atoms with Crippen LogP contribution >= 0.6 is 11.3 Å². The first-order valence-electron chi connectivity index (χ1n) is 10.4. The molecule has 1 saturated heterocycles. The van der Waals surface area contributed by atoms with E-state index in [1.165, 1.54) is 25.7 Å². The van der Waals surface area contributed by atoms with Gasteiger partial charge >= 0.3 is 0 Å². The van der Waals surface area contributed by atoms with Crippen molar-refractivity contribution in [1.82, 2.24) is 24.7 Å². The molecule has 2 aliphatic rings. The van der Waals surface area contributed by atoms with Crippen LogP contribution in [-0.4, -0.2) is 37.8 Å². The number of aryl methyl sites for hydroxylation is 1. The number of aromatic nitrogens is 5. The normalized spacial score (nSPS) is 16.9. The Balaban J connectivity index is 0.000000211. The zero-order chi connectivity index (χ0) is 20.2. The lowest BCUT2D eigenvalue weighted by Gasteiger charge is -2.11. The van der Waals surface area contributed by atoms with Gasteiger partial charge in [-0.05, 0) is 45.1 Å². The van der Waals surface area contributed by atoms with Gasteiger partial charge in [0.05, 0.1) is 18.1 Å². The van der Waals surface area contributed by atoms with Gasteiger partial charge in [0.1, 0.15) is 10.5 Å². The summed E-state index contributed by atoms with van der Waals surface area (Å²) in [5.74, 6) is 0.750. The van der Waals surface area contributed by atoms with Crippen LogP contribution in [0.5, 0.6) is 0 Å². The van der Waals surface area contributed by atoms with Crippen molar-refractivity contribution < 1.29 is 4.39 Å². The van der Waals surface area contributed by atoms with E-state index >= 15 is 0 Å². The second kappa shape index (κ2) is 8.98. The molecule has 3 aromatic heterocycles. The van der Waals surface area contributed by atoms with Crippen LogP contribution in [0.15, 0.2) is 24.8 Å². The number of anilines is 1. The number of fused-ring (bicyclic) bond motifs is 1. The summed E-state index contributed by atoms with van der Waals surface area (Å²) >= 11 is 1.57. The van der Waals surface area contributed by atoms with E-state index in [9.17, 15) is 4.39 Å². The average molecular weight is 415 g/mol. The number of allylic oxidation sites excluding steroid dienone is 1. The Hall–Kier alpha value is -2.35. The maximum atomic E-state index is 13.0. The topological polar surface area (TPSA) is 59.7 Å². The lowest BCUT2D eigenvalue weighted by molar-refractivity contribution is 0.641. The number of nitrogens with zero attached hydrogens (tertiary/aromatic N) is 6. The molecular weight excluding hydrogens is 387 g/mol. The minimum absolute atomic E-state index is 0.538. The van der Waals surface area contributed by atoms with Gasteiger partial charge in [0.2, 0.25) is 0 Å². The molecule has 0 N–H and O–H groups in total. The van der Waals surface area contributed by atoms with Crippen molar-refractivity contribution in [2.24, 2.45) is 0 Å². The summed E-state index contributed by atoms with van der Waals surface area (Å²) in [6, 6.07) is 2.71. The molecule has 1 saturated carbocycles. The van der Waals surface area contributed by atoms with E-state index in [0.717, 1.165) is 47.6 Å². The molecule has 2 fully saturated rings. The first-order chi connectivity index (χ1) is 14.2. The van der Waals surface area contributed by atoms with E-state index in [1.807, 2.05) is 23.1 Å². The molecule has 0 radical (unpaired) electrons. The van der Waals surface area contributed by atoms with Gasteiger partial charge < -0.3 is 4.90 Å². The van der Waals surface area contributed by atoms with Crippen LogP contribution in [-0.2, 0) is 6.42 Å². The quantitative estimate of drug-likeness (QED) is 0.575. The highest BCUT2D eigenvalue weighted by Gasteiger charge is 2.23. The maximum Gasteiger partial charge on any atom is 0.188 e. The van der Waals surface area contributed by atoms with E-state index in [4.69, 9.17) is 0 Å². The second-order valence-corrected chi connectivity index (χ2v) is 8.57. The highest BCUT2D eigenvalue weighted by Crippen LogP contribution is 2.34. The molecule has 1 aliphatic carbocycles. The zero-order valence-corrected chi connectivity index (χ0v) is 17.8. The van der Waals surface area contributed by atoms with Crippen LogP contribution in [0.25, 0.3) is 15.9 Å². The molecule has 29 heavy (non-hydrogen) atoms. The number of hydrogen-bond donors (Lipinski definition) is 0. The summed E-state index contributed by atoms with van der Waals surface area (Å²) in [5.41, 5.74) is 1.93. The van der Waals surface area contributed by atoms with E-state index < -0.39 is 0 Å². The van der Waals surface area contributed by atoms with E-state index in [-0.39, 0.29) is 0 Å². The second-order valence-electron chi connectivity index (χ2n) is 7.59. The fourth-order valence-electron chi connectivity index (χ4n) is 3.39. The third-order valence-corrected chi connectivity index (χ3v) is 6.23. The van der Waals surface area contributed by atoms with Gasteiger partial charge in [-0.3, -0.25) is 4.68 Å². The summed E-state index contributed by atoms with van der Waals surface area (Å²) in [6.45, 7) is 5.92. The van der Waals surface area contributed by atoms with Crippen LogP contribution < -0.4 is 4.90 Å². The van der Waals surface area contributed by atoms with Crippen molar-refractivity contribution in [3.63, 3.8) is 0 Å². The van der Waals surface area contributed by atoms with E-state index in [1.54, 1.807) is 18.3 Å². The van der Waals surface area contributed by atoms with Gasteiger partial charge in [-0.15, -0.1) is 0 Å². The third kappa shape index (κ3) is 4.63. The molecule has 0 spiro atoms. The molecule has 4 heterocycles. The highest BCUT2D eigenvalue weighted by molar-refractivity contribution is 7.22. The molecule has 0 amide bonds. The first-order valence-corrected chi connectivity index (χ1v) is 11.2. The summed E-state index contributed by atoms with van der Waals surface area (Å²) in [5, 5.41) is 5.08. The Labute approximate surface area is 174 Å². The first kappa shape index (κ1) is 19.9. The van der Waals surface area contributed by atoms with Crippen LogP contribution in [0, 0.1) is 0 Å². The van der Waals surface area contributed by atoms with Crippen molar-refractivity contribution >= 4 is 32.4 Å².